The first-order chi connectivity index (χ1) is 10.2. The fourth-order valence-corrected chi connectivity index (χ4v) is 3.43. The molecule has 0 radical (unpaired) electrons. The number of hydrogen-bond acceptors (Lipinski definition) is 4. The van der Waals surface area contributed by atoms with E-state index >= 15 is 0 Å². The summed E-state index contributed by atoms with van der Waals surface area (Å²) in [4.78, 5) is 12.1. The third kappa shape index (κ3) is 2.73. The van der Waals surface area contributed by atoms with Gasteiger partial charge in [-0.3, -0.25) is 4.79 Å². The zero-order chi connectivity index (χ0) is 14.8. The van der Waals surface area contributed by atoms with Gasteiger partial charge >= 0.3 is 0 Å². The lowest BCUT2D eigenvalue weighted by molar-refractivity contribution is -0.122. The molecular formula is C16H20N2O3. The number of benzene rings is 1. The summed E-state index contributed by atoms with van der Waals surface area (Å²) in [6.45, 7) is 0. The number of para-hydroxylation sites is 1. The number of fused-ring (bicyclic) bond motifs is 1. The topological polar surface area (TPSA) is 70.9 Å². The van der Waals surface area contributed by atoms with E-state index in [1.165, 1.54) is 39.0 Å². The average Bonchev–Trinajstić information content (AvgIpc) is 3.23. The number of hydrogen-bond donors (Lipinski definition) is 2. The molecule has 3 atom stereocenters. The molecule has 1 amide bonds. The molecule has 0 bridgehead atoms. The number of nitrogens with zero attached hydrogens (tertiary/aromatic N) is 1. The molecule has 2 N–H and O–H groups in total. The zero-order valence-corrected chi connectivity index (χ0v) is 12.1. The second-order valence-corrected chi connectivity index (χ2v) is 5.77. The number of carbonyl (C=O) groups excluding carboxylic acids is 1. The maximum atomic E-state index is 12.1. The summed E-state index contributed by atoms with van der Waals surface area (Å²) in [6.07, 6.45) is 6.27. The molecule has 0 spiro atoms. The fraction of sp³-hybridized carbons (Fsp3) is 0.500. The molecule has 5 heteroatoms. The van der Waals surface area contributed by atoms with Crippen LogP contribution in [0.5, 0.6) is 11.5 Å². The summed E-state index contributed by atoms with van der Waals surface area (Å²) in [5, 5.41) is 13.9. The highest BCUT2D eigenvalue weighted by Gasteiger charge is 2.54. The standard InChI is InChI=1S/C16H20N2O3/c1-21-13-8-4-5-10(15(13)19)9-17-18-16(20)14-11-6-2-3-7-12(11)14/h4-5,8-9,11-12,14,19H,2-3,6-7H2,1H3,(H,18,20)/b17-9+/t11-,12+,14?. The van der Waals surface area contributed by atoms with E-state index in [1.54, 1.807) is 18.2 Å². The van der Waals surface area contributed by atoms with Gasteiger partial charge in [-0.05, 0) is 36.8 Å². The smallest absolute Gasteiger partial charge is 0.243 e. The molecule has 2 fully saturated rings. The van der Waals surface area contributed by atoms with Gasteiger partial charge in [0.25, 0.3) is 0 Å². The van der Waals surface area contributed by atoms with Crippen molar-refractivity contribution in [3.05, 3.63) is 23.8 Å². The van der Waals surface area contributed by atoms with E-state index in [9.17, 15) is 9.90 Å². The molecule has 0 saturated heterocycles. The first kappa shape index (κ1) is 13.9. The predicted molar refractivity (Wildman–Crippen MR) is 79.3 cm³/mol. The lowest BCUT2D eigenvalue weighted by Gasteiger charge is -2.04. The van der Waals surface area contributed by atoms with Gasteiger partial charge in [-0.15, -0.1) is 0 Å². The number of amides is 1. The van der Waals surface area contributed by atoms with E-state index < -0.39 is 0 Å². The van der Waals surface area contributed by atoms with Crippen molar-refractivity contribution in [3.63, 3.8) is 0 Å². The van der Waals surface area contributed by atoms with Gasteiger partial charge in [0.05, 0.1) is 13.3 Å². The highest BCUT2D eigenvalue weighted by atomic mass is 16.5. The molecule has 2 saturated carbocycles. The third-order valence-electron chi connectivity index (χ3n) is 4.59. The van der Waals surface area contributed by atoms with Crippen molar-refractivity contribution in [2.45, 2.75) is 25.7 Å². The van der Waals surface area contributed by atoms with Crippen molar-refractivity contribution in [3.8, 4) is 11.5 Å². The third-order valence-corrected chi connectivity index (χ3v) is 4.59. The SMILES string of the molecule is COc1cccc(/C=N/NC(=O)C2[C@H]3CCCC[C@@H]23)c1O. The number of hydrazone groups is 1. The Balaban J connectivity index is 1.59. The van der Waals surface area contributed by atoms with Crippen LogP contribution in [0, 0.1) is 17.8 Å². The molecule has 0 aromatic heterocycles. The van der Waals surface area contributed by atoms with Crippen LogP contribution in [0.2, 0.25) is 0 Å². The summed E-state index contributed by atoms with van der Waals surface area (Å²) in [5.74, 6) is 1.70. The minimum Gasteiger partial charge on any atom is -0.504 e. The molecule has 1 aromatic carbocycles. The van der Waals surface area contributed by atoms with Crippen molar-refractivity contribution in [2.75, 3.05) is 7.11 Å². The molecule has 21 heavy (non-hydrogen) atoms. The molecule has 112 valence electrons. The first-order valence-electron chi connectivity index (χ1n) is 7.41. The predicted octanol–water partition coefficient (Wildman–Crippen LogP) is 2.29. The van der Waals surface area contributed by atoms with Crippen LogP contribution in [-0.2, 0) is 4.79 Å². The van der Waals surface area contributed by atoms with Crippen molar-refractivity contribution < 1.29 is 14.6 Å². The molecule has 3 rings (SSSR count). The maximum Gasteiger partial charge on any atom is 0.243 e. The number of methoxy groups -OCH3 is 1. The lowest BCUT2D eigenvalue weighted by Crippen LogP contribution is -2.20. The Morgan fingerprint density at radius 3 is 2.76 bits per heavy atom. The monoisotopic (exact) mass is 288 g/mol. The molecule has 1 unspecified atom stereocenters. The van der Waals surface area contributed by atoms with E-state index in [1.807, 2.05) is 0 Å². The Labute approximate surface area is 124 Å². The average molecular weight is 288 g/mol. The first-order valence-corrected chi connectivity index (χ1v) is 7.41. The zero-order valence-electron chi connectivity index (χ0n) is 12.1. The van der Waals surface area contributed by atoms with Crippen LogP contribution in [0.3, 0.4) is 0 Å². The van der Waals surface area contributed by atoms with Crippen molar-refractivity contribution in [1.82, 2.24) is 5.43 Å². The normalized spacial score (nSPS) is 27.2. The second-order valence-electron chi connectivity index (χ2n) is 5.77. The van der Waals surface area contributed by atoms with Crippen LogP contribution < -0.4 is 10.2 Å². The van der Waals surface area contributed by atoms with Gasteiger partial charge in [0.2, 0.25) is 5.91 Å². The minimum atomic E-state index is 0.00513. The van der Waals surface area contributed by atoms with E-state index in [4.69, 9.17) is 4.74 Å². The van der Waals surface area contributed by atoms with Gasteiger partial charge < -0.3 is 9.84 Å². The summed E-state index contributed by atoms with van der Waals surface area (Å²) >= 11 is 0. The quantitative estimate of drug-likeness (QED) is 0.659. The van der Waals surface area contributed by atoms with Crippen molar-refractivity contribution >= 4 is 12.1 Å². The molecule has 1 aromatic rings. The van der Waals surface area contributed by atoms with Crippen LogP contribution in [0.1, 0.15) is 31.2 Å². The summed E-state index contributed by atoms with van der Waals surface area (Å²) in [5.41, 5.74) is 3.11. The maximum absolute atomic E-state index is 12.1. The largest absolute Gasteiger partial charge is 0.504 e. The van der Waals surface area contributed by atoms with E-state index in [-0.39, 0.29) is 17.6 Å². The van der Waals surface area contributed by atoms with E-state index in [0.29, 0.717) is 23.1 Å². The van der Waals surface area contributed by atoms with Gasteiger partial charge in [-0.1, -0.05) is 18.9 Å². The summed E-state index contributed by atoms with van der Waals surface area (Å²) in [6, 6.07) is 5.14. The number of nitrogens with one attached hydrogen (secondary N) is 1. The number of rotatable bonds is 4. The highest BCUT2D eigenvalue weighted by molar-refractivity contribution is 5.87. The number of phenolic OH excluding ortho intramolecular Hbond substituents is 1. The van der Waals surface area contributed by atoms with Crippen LogP contribution in [-0.4, -0.2) is 24.3 Å². The van der Waals surface area contributed by atoms with Crippen LogP contribution in [0.15, 0.2) is 23.3 Å². The van der Waals surface area contributed by atoms with Crippen LogP contribution in [0.25, 0.3) is 0 Å². The summed E-state index contributed by atoms with van der Waals surface area (Å²) in [7, 11) is 1.49. The lowest BCUT2D eigenvalue weighted by atomic mass is 10.0. The molecular weight excluding hydrogens is 268 g/mol. The van der Waals surface area contributed by atoms with Crippen LogP contribution in [0.4, 0.5) is 0 Å². The number of ether oxygens (including phenoxy) is 1. The van der Waals surface area contributed by atoms with Crippen molar-refractivity contribution in [1.29, 1.82) is 0 Å². The molecule has 0 heterocycles. The van der Waals surface area contributed by atoms with Gasteiger partial charge in [-0.25, -0.2) is 5.43 Å². The van der Waals surface area contributed by atoms with Crippen LogP contribution >= 0.6 is 0 Å². The Kier molecular flexibility index (Phi) is 3.82. The van der Waals surface area contributed by atoms with Crippen molar-refractivity contribution in [2.24, 2.45) is 22.9 Å². The Morgan fingerprint density at radius 2 is 2.10 bits per heavy atom. The minimum absolute atomic E-state index is 0.00513. The Hall–Kier alpha value is -2.04. The Bertz CT molecular complexity index is 559. The molecule has 2 aliphatic carbocycles. The summed E-state index contributed by atoms with van der Waals surface area (Å²) < 4.78 is 5.03. The number of phenols is 1. The fourth-order valence-electron chi connectivity index (χ4n) is 3.43. The highest BCUT2D eigenvalue weighted by Crippen LogP contribution is 2.55. The van der Waals surface area contributed by atoms with Gasteiger partial charge in [0, 0.05) is 11.5 Å². The van der Waals surface area contributed by atoms with E-state index in [0.717, 1.165) is 0 Å². The second kappa shape index (κ2) is 5.76. The van der Waals surface area contributed by atoms with Gasteiger partial charge in [-0.2, -0.15) is 5.10 Å². The Morgan fingerprint density at radius 1 is 1.38 bits per heavy atom. The molecule has 2 aliphatic rings. The number of carbonyl (C=O) groups is 1. The van der Waals surface area contributed by atoms with E-state index in [2.05, 4.69) is 10.5 Å². The van der Waals surface area contributed by atoms with Gasteiger partial charge in [0.15, 0.2) is 11.5 Å². The molecule has 0 aliphatic heterocycles. The van der Waals surface area contributed by atoms with Gasteiger partial charge in [0.1, 0.15) is 0 Å². The number of aromatic hydroxyl groups is 1. The molecule has 5 nitrogen and oxygen atoms in total.